The van der Waals surface area contributed by atoms with Crippen LogP contribution in [-0.4, -0.2) is 115 Å². The second-order valence-electron chi connectivity index (χ2n) is 21.2. The van der Waals surface area contributed by atoms with Crippen LogP contribution in [0.25, 0.3) is 33.6 Å². The number of hydrogen-bond acceptors (Lipinski definition) is 9. The van der Waals surface area contributed by atoms with Gasteiger partial charge in [-0.25, -0.2) is 19.6 Å². The summed E-state index contributed by atoms with van der Waals surface area (Å²) in [5, 5.41) is 15.3. The van der Waals surface area contributed by atoms with Crippen molar-refractivity contribution >= 4 is 24.0 Å². The fourth-order valence-electron chi connectivity index (χ4n) is 12.5. The number of aromatic amines is 2. The largest absolute Gasteiger partial charge is 0.465 e. The van der Waals surface area contributed by atoms with Crippen LogP contribution in [0.15, 0.2) is 60.9 Å². The van der Waals surface area contributed by atoms with Crippen LogP contribution >= 0.6 is 0 Å². The summed E-state index contributed by atoms with van der Waals surface area (Å²) in [6, 6.07) is 14.6. The molecule has 4 amide bonds. The molecule has 4 saturated heterocycles. The molecule has 2 aromatic carbocycles. The summed E-state index contributed by atoms with van der Waals surface area (Å²) in [6.45, 7) is 12.4. The molecule has 0 bridgehead atoms. The van der Waals surface area contributed by atoms with Crippen LogP contribution in [0.5, 0.6) is 0 Å². The number of carbonyl (C=O) groups excluding carboxylic acids is 3. The number of rotatable bonds is 11. The predicted molar refractivity (Wildman–Crippen MR) is 248 cm³/mol. The number of aromatic nitrogens is 4. The Morgan fingerprint density at radius 3 is 1.39 bits per heavy atom. The lowest BCUT2D eigenvalue weighted by atomic mass is 9.85. The number of methoxy groups -OCH3 is 1. The van der Waals surface area contributed by atoms with Crippen LogP contribution in [0.3, 0.4) is 0 Å². The van der Waals surface area contributed by atoms with Gasteiger partial charge in [-0.1, -0.05) is 62.4 Å². The minimum absolute atomic E-state index is 0.00192. The number of imidazole rings is 2. The number of ether oxygens (including phenoxy) is 3. The Bertz CT molecular complexity index is 2510. The van der Waals surface area contributed by atoms with Crippen LogP contribution in [0.1, 0.15) is 117 Å². The van der Waals surface area contributed by atoms with Crippen molar-refractivity contribution in [2.75, 3.05) is 7.11 Å². The van der Waals surface area contributed by atoms with Gasteiger partial charge in [-0.15, -0.1) is 0 Å². The van der Waals surface area contributed by atoms with E-state index in [1.807, 2.05) is 49.9 Å². The molecule has 4 aliphatic heterocycles. The van der Waals surface area contributed by atoms with Gasteiger partial charge in [0.2, 0.25) is 11.8 Å². The molecule has 6 fully saturated rings. The van der Waals surface area contributed by atoms with Gasteiger partial charge in [-0.05, 0) is 124 Å². The molecule has 16 heteroatoms. The molecule has 6 aliphatic rings. The van der Waals surface area contributed by atoms with Crippen LogP contribution in [0.4, 0.5) is 9.59 Å². The van der Waals surface area contributed by atoms with E-state index < -0.39 is 24.3 Å². The number of carbonyl (C=O) groups is 4. The van der Waals surface area contributed by atoms with E-state index in [9.17, 15) is 24.3 Å². The molecule has 0 spiro atoms. The standard InChI is InChI=1S/C51H64N8O8/c1-26-16-34(17-27(2)66-26)42(56-48(62)63)46(60)58-38(20-50(5)22-40(50)58)44-52-24-36(54-44)32-12-8-30(9-13-32)31-10-14-33(15-11-31)37-25-53-45(55-37)39-21-51(6)23-41(51)59(39)47(61)43(57-49(64)65-7)35-18-28(3)67-29(4)19-35/h8-15,24-29,34-35,38-43,56H,16-23H2,1-7H3,(H,52,54)(H,53,55)(H,57,64)(H,62,63)/t26-,27-,28-,29-,38+,39+,40-,41-,42+,43+,50+,51+/m1/s1. The fraction of sp³-hybridized carbons (Fsp3) is 0.569. The lowest BCUT2D eigenvalue weighted by Gasteiger charge is -2.38. The molecule has 6 heterocycles. The third-order valence-corrected chi connectivity index (χ3v) is 16.0. The van der Waals surface area contributed by atoms with Crippen molar-refractivity contribution < 1.29 is 38.5 Å². The highest BCUT2D eigenvalue weighted by Crippen LogP contribution is 2.64. The Hall–Kier alpha value is -5.74. The minimum Gasteiger partial charge on any atom is -0.465 e. The SMILES string of the molecule is COC(=O)N[C@H](C(=O)N1[C@H](c2ncc(-c3ccc(-c4ccc(-c5cnc([C@@H]6C[C@@]7(C)C[C@H]7N6C(=O)[C@@H](NC(=O)O)C6C[C@@H](C)O[C@H](C)C6)[nH]5)cc4)cc3)[nH]2)C[C@@]2(C)C[C@@H]12)C1C[C@@H](C)O[C@H](C)C1. The van der Waals surface area contributed by atoms with Gasteiger partial charge >= 0.3 is 12.2 Å². The van der Waals surface area contributed by atoms with E-state index in [2.05, 4.69) is 83.0 Å². The van der Waals surface area contributed by atoms with Gasteiger partial charge in [0.15, 0.2) is 0 Å². The topological polar surface area (TPSA) is 204 Å². The predicted octanol–water partition coefficient (Wildman–Crippen LogP) is 8.01. The average Bonchev–Trinajstić information content (AvgIpc) is 3.73. The van der Waals surface area contributed by atoms with E-state index in [0.717, 1.165) is 65.1 Å². The quantitative estimate of drug-likeness (QED) is 0.0981. The number of benzene rings is 2. The first-order valence-corrected chi connectivity index (χ1v) is 24.1. The molecule has 0 radical (unpaired) electrons. The molecule has 67 heavy (non-hydrogen) atoms. The maximum Gasteiger partial charge on any atom is 0.407 e. The summed E-state index contributed by atoms with van der Waals surface area (Å²) in [7, 11) is 1.32. The molecule has 0 unspecified atom stereocenters. The van der Waals surface area contributed by atoms with Gasteiger partial charge in [0.05, 0.1) is 67.4 Å². The van der Waals surface area contributed by atoms with Gasteiger partial charge in [0.25, 0.3) is 0 Å². The Morgan fingerprint density at radius 2 is 1.01 bits per heavy atom. The van der Waals surface area contributed by atoms with Crippen molar-refractivity contribution in [3.05, 3.63) is 72.6 Å². The maximum atomic E-state index is 14.6. The van der Waals surface area contributed by atoms with E-state index in [0.29, 0.717) is 31.5 Å². The Kier molecular flexibility index (Phi) is 11.5. The Morgan fingerprint density at radius 1 is 0.642 bits per heavy atom. The number of amides is 4. The van der Waals surface area contributed by atoms with E-state index in [1.165, 1.54) is 7.11 Å². The number of H-pyrrole nitrogens is 2. The van der Waals surface area contributed by atoms with Gasteiger partial charge in [-0.3, -0.25) is 9.59 Å². The summed E-state index contributed by atoms with van der Waals surface area (Å²) in [5.41, 5.74) is 5.70. The molecule has 16 nitrogen and oxygen atoms in total. The average molecular weight is 917 g/mol. The molecular weight excluding hydrogens is 853 g/mol. The molecular formula is C51H64N8O8. The molecule has 4 aromatic rings. The van der Waals surface area contributed by atoms with Gasteiger partial charge in [0, 0.05) is 12.1 Å². The fourth-order valence-corrected chi connectivity index (χ4v) is 12.5. The van der Waals surface area contributed by atoms with Crippen molar-refractivity contribution in [1.29, 1.82) is 0 Å². The number of hydrogen-bond donors (Lipinski definition) is 5. The van der Waals surface area contributed by atoms with Crippen molar-refractivity contribution in [1.82, 2.24) is 40.4 Å². The second kappa shape index (κ2) is 17.1. The highest BCUT2D eigenvalue weighted by molar-refractivity contribution is 5.88. The first-order valence-electron chi connectivity index (χ1n) is 24.1. The minimum atomic E-state index is -1.20. The third kappa shape index (κ3) is 8.60. The number of alkyl carbamates (subject to hydrolysis) is 1. The first kappa shape index (κ1) is 45.1. The van der Waals surface area contributed by atoms with Crippen LogP contribution in [0.2, 0.25) is 0 Å². The van der Waals surface area contributed by atoms with Crippen molar-refractivity contribution in [3.63, 3.8) is 0 Å². The normalized spacial score (nSPS) is 33.8. The smallest absolute Gasteiger partial charge is 0.407 e. The zero-order chi connectivity index (χ0) is 47.1. The van der Waals surface area contributed by atoms with E-state index >= 15 is 0 Å². The van der Waals surface area contributed by atoms with Crippen molar-refractivity contribution in [3.8, 4) is 33.6 Å². The third-order valence-electron chi connectivity index (χ3n) is 16.0. The van der Waals surface area contributed by atoms with Crippen LogP contribution < -0.4 is 10.6 Å². The summed E-state index contributed by atoms with van der Waals surface area (Å²) in [6.07, 6.45) is 7.59. The first-order chi connectivity index (χ1) is 32.0. The Labute approximate surface area is 391 Å². The van der Waals surface area contributed by atoms with E-state index in [1.54, 1.807) is 0 Å². The van der Waals surface area contributed by atoms with Crippen molar-refractivity contribution in [2.24, 2.45) is 22.7 Å². The Balaban J connectivity index is 0.820. The molecule has 5 N–H and O–H groups in total. The summed E-state index contributed by atoms with van der Waals surface area (Å²) in [5.74, 6) is 0.922. The zero-order valence-electron chi connectivity index (χ0n) is 39.5. The maximum absolute atomic E-state index is 14.6. The second-order valence-corrected chi connectivity index (χ2v) is 21.2. The number of piperidine rings is 2. The van der Waals surface area contributed by atoms with E-state index in [4.69, 9.17) is 24.2 Å². The summed E-state index contributed by atoms with van der Waals surface area (Å²) in [4.78, 5) is 74.2. The van der Waals surface area contributed by atoms with Gasteiger partial charge in [-0.2, -0.15) is 0 Å². The number of fused-ring (bicyclic) bond motifs is 2. The highest BCUT2D eigenvalue weighted by Gasteiger charge is 2.66. The molecule has 356 valence electrons. The highest BCUT2D eigenvalue weighted by atomic mass is 16.5. The van der Waals surface area contributed by atoms with Gasteiger partial charge < -0.3 is 49.7 Å². The molecule has 2 aliphatic carbocycles. The molecule has 2 aromatic heterocycles. The molecule has 2 saturated carbocycles. The number of nitrogens with zero attached hydrogens (tertiary/aromatic N) is 4. The van der Waals surface area contributed by atoms with Crippen LogP contribution in [-0.2, 0) is 23.8 Å². The number of carboxylic acid groups (broad SMARTS) is 1. The number of nitrogens with one attached hydrogen (secondary N) is 4. The van der Waals surface area contributed by atoms with Crippen LogP contribution in [0, 0.1) is 22.7 Å². The lowest BCUT2D eigenvalue weighted by molar-refractivity contribution is -0.140. The molecule has 10 rings (SSSR count). The van der Waals surface area contributed by atoms with E-state index in [-0.39, 0.29) is 83.1 Å². The summed E-state index contributed by atoms with van der Waals surface area (Å²) >= 11 is 0. The monoisotopic (exact) mass is 916 g/mol. The summed E-state index contributed by atoms with van der Waals surface area (Å²) < 4.78 is 16.9. The van der Waals surface area contributed by atoms with Crippen molar-refractivity contribution in [2.45, 2.75) is 154 Å². The lowest BCUT2D eigenvalue weighted by Crippen LogP contribution is -2.55. The van der Waals surface area contributed by atoms with Gasteiger partial charge in [0.1, 0.15) is 23.7 Å². The number of likely N-dealkylation sites (tertiary alicyclic amines) is 2. The molecule has 12 atom stereocenters. The zero-order valence-corrected chi connectivity index (χ0v) is 39.5.